The lowest BCUT2D eigenvalue weighted by molar-refractivity contribution is 0.325. The Morgan fingerprint density at radius 3 is 2.80 bits per heavy atom. The molecule has 0 saturated carbocycles. The Hall–Kier alpha value is -1.91. The van der Waals surface area contributed by atoms with Crippen molar-refractivity contribution in [2.24, 2.45) is 5.18 Å². The fourth-order valence-corrected chi connectivity index (χ4v) is 1.26. The van der Waals surface area contributed by atoms with Crippen molar-refractivity contribution in [3.8, 4) is 0 Å². The Balaban J connectivity index is 3.18. The Morgan fingerprint density at radius 1 is 1.60 bits per heavy atom. The van der Waals surface area contributed by atoms with Gasteiger partial charge in [-0.1, -0.05) is 0 Å². The van der Waals surface area contributed by atoms with E-state index in [-0.39, 0.29) is 11.6 Å². The van der Waals surface area contributed by atoms with Gasteiger partial charge in [-0.3, -0.25) is 5.41 Å². The SMILES string of the molecule is CCOC(=N)c1cc(N=O)c(N)cc1C. The largest absolute Gasteiger partial charge is 0.478 e. The highest BCUT2D eigenvalue weighted by atomic mass is 16.5. The van der Waals surface area contributed by atoms with E-state index < -0.39 is 0 Å². The smallest absolute Gasteiger partial charge is 0.213 e. The van der Waals surface area contributed by atoms with Crippen LogP contribution in [-0.4, -0.2) is 12.5 Å². The van der Waals surface area contributed by atoms with E-state index in [1.165, 1.54) is 6.07 Å². The molecule has 5 nitrogen and oxygen atoms in total. The second-order valence-corrected chi connectivity index (χ2v) is 3.08. The number of nitrogen functional groups attached to an aromatic ring is 1. The highest BCUT2D eigenvalue weighted by molar-refractivity contribution is 5.95. The van der Waals surface area contributed by atoms with Gasteiger partial charge in [0.15, 0.2) is 0 Å². The number of rotatable bonds is 3. The third-order valence-electron chi connectivity index (χ3n) is 2.01. The van der Waals surface area contributed by atoms with Crippen molar-refractivity contribution in [1.29, 1.82) is 5.41 Å². The van der Waals surface area contributed by atoms with E-state index in [0.717, 1.165) is 5.56 Å². The lowest BCUT2D eigenvalue weighted by atomic mass is 10.1. The third-order valence-corrected chi connectivity index (χ3v) is 2.01. The van der Waals surface area contributed by atoms with Crippen LogP contribution in [0.25, 0.3) is 0 Å². The van der Waals surface area contributed by atoms with Gasteiger partial charge in [-0.2, -0.15) is 0 Å². The molecule has 0 aliphatic carbocycles. The van der Waals surface area contributed by atoms with Crippen LogP contribution in [0.4, 0.5) is 11.4 Å². The fourth-order valence-electron chi connectivity index (χ4n) is 1.26. The summed E-state index contributed by atoms with van der Waals surface area (Å²) < 4.78 is 5.05. The third kappa shape index (κ3) is 2.31. The topological polar surface area (TPSA) is 88.5 Å². The van der Waals surface area contributed by atoms with Crippen molar-refractivity contribution in [3.63, 3.8) is 0 Å². The first-order valence-electron chi connectivity index (χ1n) is 4.55. The molecule has 0 aromatic heterocycles. The number of ether oxygens (including phenoxy) is 1. The second-order valence-electron chi connectivity index (χ2n) is 3.08. The Kier molecular flexibility index (Phi) is 3.38. The molecule has 5 heteroatoms. The van der Waals surface area contributed by atoms with Gasteiger partial charge in [0.25, 0.3) is 0 Å². The van der Waals surface area contributed by atoms with Gasteiger partial charge in [0.05, 0.1) is 12.3 Å². The van der Waals surface area contributed by atoms with Gasteiger partial charge in [-0.15, -0.1) is 4.91 Å². The monoisotopic (exact) mass is 207 g/mol. The summed E-state index contributed by atoms with van der Waals surface area (Å²) in [5.74, 6) is 0.0277. The van der Waals surface area contributed by atoms with E-state index in [0.29, 0.717) is 17.9 Å². The number of hydrogen-bond acceptors (Lipinski definition) is 5. The van der Waals surface area contributed by atoms with Crippen LogP contribution in [-0.2, 0) is 4.74 Å². The van der Waals surface area contributed by atoms with Crippen LogP contribution in [0, 0.1) is 17.2 Å². The lowest BCUT2D eigenvalue weighted by Crippen LogP contribution is -2.07. The van der Waals surface area contributed by atoms with Crippen LogP contribution < -0.4 is 5.73 Å². The summed E-state index contributed by atoms with van der Waals surface area (Å²) in [6, 6.07) is 3.08. The predicted octanol–water partition coefficient (Wildman–Crippen LogP) is 2.34. The molecule has 80 valence electrons. The van der Waals surface area contributed by atoms with E-state index in [2.05, 4.69) is 5.18 Å². The zero-order valence-corrected chi connectivity index (χ0v) is 8.70. The quantitative estimate of drug-likeness (QED) is 0.345. The van der Waals surface area contributed by atoms with E-state index >= 15 is 0 Å². The van der Waals surface area contributed by atoms with Crippen molar-refractivity contribution in [3.05, 3.63) is 28.2 Å². The molecule has 1 aromatic carbocycles. The molecule has 1 rings (SSSR count). The average molecular weight is 207 g/mol. The van der Waals surface area contributed by atoms with Crippen molar-refractivity contribution in [2.75, 3.05) is 12.3 Å². The maximum absolute atomic E-state index is 10.4. The van der Waals surface area contributed by atoms with Gasteiger partial charge < -0.3 is 10.5 Å². The minimum Gasteiger partial charge on any atom is -0.478 e. The molecule has 1 aromatic rings. The van der Waals surface area contributed by atoms with Crippen molar-refractivity contribution >= 4 is 17.3 Å². The van der Waals surface area contributed by atoms with E-state index in [1.54, 1.807) is 19.9 Å². The van der Waals surface area contributed by atoms with Crippen molar-refractivity contribution < 1.29 is 4.74 Å². The van der Waals surface area contributed by atoms with Gasteiger partial charge in [-0.25, -0.2) is 0 Å². The summed E-state index contributed by atoms with van der Waals surface area (Å²) in [5, 5.41) is 10.4. The molecule has 0 aliphatic rings. The summed E-state index contributed by atoms with van der Waals surface area (Å²) in [4.78, 5) is 10.4. The molecule has 0 atom stereocenters. The average Bonchev–Trinajstić information content (AvgIpc) is 2.18. The number of nitrogens with one attached hydrogen (secondary N) is 1. The standard InChI is InChI=1S/C10H13N3O2/c1-3-15-10(12)7-5-9(13-14)8(11)4-6(7)2/h4-5,12H,3,11H2,1-2H3. The van der Waals surface area contributed by atoms with E-state index in [4.69, 9.17) is 15.9 Å². The zero-order chi connectivity index (χ0) is 11.4. The summed E-state index contributed by atoms with van der Waals surface area (Å²) in [6.45, 7) is 4.00. The van der Waals surface area contributed by atoms with Crippen LogP contribution in [0.1, 0.15) is 18.1 Å². The number of nitroso groups, excluding NO2 is 1. The van der Waals surface area contributed by atoms with Crippen molar-refractivity contribution in [2.45, 2.75) is 13.8 Å². The van der Waals surface area contributed by atoms with Gasteiger partial charge in [0, 0.05) is 5.56 Å². The summed E-state index contributed by atoms with van der Waals surface area (Å²) in [6.07, 6.45) is 0. The summed E-state index contributed by atoms with van der Waals surface area (Å²) in [5.41, 5.74) is 7.36. The maximum Gasteiger partial charge on any atom is 0.213 e. The molecule has 3 N–H and O–H groups in total. The zero-order valence-electron chi connectivity index (χ0n) is 8.70. The number of anilines is 1. The molecule has 15 heavy (non-hydrogen) atoms. The molecule has 0 bridgehead atoms. The molecule has 0 radical (unpaired) electrons. The molecule has 0 amide bonds. The van der Waals surface area contributed by atoms with Gasteiger partial charge >= 0.3 is 0 Å². The predicted molar refractivity (Wildman–Crippen MR) is 59.5 cm³/mol. The number of nitrogens with two attached hydrogens (primary N) is 1. The molecule has 0 fully saturated rings. The van der Waals surface area contributed by atoms with Crippen LogP contribution in [0.5, 0.6) is 0 Å². The molecule has 0 unspecified atom stereocenters. The first kappa shape index (κ1) is 11.2. The lowest BCUT2D eigenvalue weighted by Gasteiger charge is -2.09. The van der Waals surface area contributed by atoms with Crippen LogP contribution in [0.2, 0.25) is 0 Å². The fraction of sp³-hybridized carbons (Fsp3) is 0.300. The highest BCUT2D eigenvalue weighted by Gasteiger charge is 2.10. The van der Waals surface area contributed by atoms with Gasteiger partial charge in [0.1, 0.15) is 5.69 Å². The van der Waals surface area contributed by atoms with Gasteiger partial charge in [-0.05, 0) is 36.7 Å². The van der Waals surface area contributed by atoms with Crippen LogP contribution in [0.15, 0.2) is 17.3 Å². The first-order valence-corrected chi connectivity index (χ1v) is 4.55. The Morgan fingerprint density at radius 2 is 2.27 bits per heavy atom. The molecule has 0 aliphatic heterocycles. The normalized spacial score (nSPS) is 9.73. The maximum atomic E-state index is 10.4. The molecule has 0 saturated heterocycles. The molecule has 0 spiro atoms. The van der Waals surface area contributed by atoms with Gasteiger partial charge in [0.2, 0.25) is 5.90 Å². The summed E-state index contributed by atoms with van der Waals surface area (Å²) >= 11 is 0. The minimum absolute atomic E-state index is 0.0277. The molecule has 0 heterocycles. The number of hydrogen-bond donors (Lipinski definition) is 2. The molecular formula is C10H13N3O2. The molecular weight excluding hydrogens is 194 g/mol. The minimum atomic E-state index is 0.0277. The Bertz CT molecular complexity index is 402. The van der Waals surface area contributed by atoms with E-state index in [9.17, 15) is 4.91 Å². The first-order chi connectivity index (χ1) is 7.10. The van der Waals surface area contributed by atoms with Crippen LogP contribution >= 0.6 is 0 Å². The van der Waals surface area contributed by atoms with E-state index in [1.807, 2.05) is 0 Å². The summed E-state index contributed by atoms with van der Waals surface area (Å²) in [7, 11) is 0. The number of nitrogens with zero attached hydrogens (tertiary/aromatic N) is 1. The highest BCUT2D eigenvalue weighted by Crippen LogP contribution is 2.26. The second kappa shape index (κ2) is 4.54. The van der Waals surface area contributed by atoms with Crippen molar-refractivity contribution in [1.82, 2.24) is 0 Å². The Labute approximate surface area is 87.7 Å². The number of aryl methyl sites for hydroxylation is 1. The number of benzene rings is 1. The van der Waals surface area contributed by atoms with Crippen LogP contribution in [0.3, 0.4) is 0 Å².